The normalized spacial score (nSPS) is 11.1. The van der Waals surface area contributed by atoms with Gasteiger partial charge in [-0.3, -0.25) is 4.79 Å². The van der Waals surface area contributed by atoms with Crippen molar-refractivity contribution in [1.82, 2.24) is 19.7 Å². The predicted molar refractivity (Wildman–Crippen MR) is 134 cm³/mol. The summed E-state index contributed by atoms with van der Waals surface area (Å²) in [6.07, 6.45) is 1.59. The molecule has 0 bridgehead atoms. The van der Waals surface area contributed by atoms with E-state index in [1.54, 1.807) is 12.4 Å². The molecular formula is C28H23F2N5O. The molecule has 180 valence electrons. The minimum Gasteiger partial charge on any atom is -0.399 e. The number of hydrogen-bond acceptors (Lipinski definition) is 4. The van der Waals surface area contributed by atoms with Crippen molar-refractivity contribution in [2.75, 3.05) is 5.73 Å². The first-order valence-electron chi connectivity index (χ1n) is 11.4. The zero-order chi connectivity index (χ0) is 25.1. The fourth-order valence-corrected chi connectivity index (χ4v) is 4.08. The molecule has 4 aromatic carbocycles. The average molecular weight is 484 g/mol. The van der Waals surface area contributed by atoms with Crippen LogP contribution in [-0.4, -0.2) is 25.6 Å². The number of amides is 1. The van der Waals surface area contributed by atoms with Gasteiger partial charge in [0.15, 0.2) is 5.82 Å². The van der Waals surface area contributed by atoms with Crippen molar-refractivity contribution in [3.63, 3.8) is 0 Å². The lowest BCUT2D eigenvalue weighted by atomic mass is 10.1. The molecule has 0 spiro atoms. The van der Waals surface area contributed by atoms with E-state index in [-0.39, 0.29) is 24.6 Å². The Morgan fingerprint density at radius 1 is 0.889 bits per heavy atom. The van der Waals surface area contributed by atoms with Crippen LogP contribution in [0.3, 0.4) is 0 Å². The lowest BCUT2D eigenvalue weighted by molar-refractivity contribution is 0.0722. The molecule has 0 unspecified atom stereocenters. The van der Waals surface area contributed by atoms with Crippen LogP contribution < -0.4 is 5.73 Å². The molecule has 0 saturated carbocycles. The summed E-state index contributed by atoms with van der Waals surface area (Å²) in [5, 5.41) is 10.2. The number of halogens is 2. The molecule has 8 heteroatoms. The first-order valence-corrected chi connectivity index (χ1v) is 11.4. The molecule has 0 aliphatic heterocycles. The quantitative estimate of drug-likeness (QED) is 0.324. The second kappa shape index (κ2) is 9.95. The summed E-state index contributed by atoms with van der Waals surface area (Å²) in [5.41, 5.74) is 8.10. The number of nitrogen functional groups attached to an aromatic ring is 1. The van der Waals surface area contributed by atoms with Crippen LogP contribution in [0.15, 0.2) is 91.3 Å². The number of fused-ring (bicyclic) bond motifs is 1. The third-order valence-electron chi connectivity index (χ3n) is 6.02. The van der Waals surface area contributed by atoms with Crippen LogP contribution in [0, 0.1) is 11.6 Å². The van der Waals surface area contributed by atoms with Gasteiger partial charge in [-0.2, -0.15) is 0 Å². The van der Waals surface area contributed by atoms with E-state index in [0.717, 1.165) is 22.4 Å². The monoisotopic (exact) mass is 483 g/mol. The summed E-state index contributed by atoms with van der Waals surface area (Å²) in [5.74, 6) is -1.16. The Hall–Kier alpha value is -4.59. The van der Waals surface area contributed by atoms with Gasteiger partial charge in [-0.25, -0.2) is 8.78 Å². The lowest BCUT2D eigenvalue weighted by Gasteiger charge is -2.23. The van der Waals surface area contributed by atoms with Crippen molar-refractivity contribution in [3.8, 4) is 0 Å². The van der Waals surface area contributed by atoms with Crippen molar-refractivity contribution in [2.24, 2.45) is 0 Å². The fraction of sp³-hybridized carbons (Fsp3) is 0.107. The van der Waals surface area contributed by atoms with Gasteiger partial charge < -0.3 is 15.2 Å². The molecule has 1 heterocycles. The number of carbonyl (C=O) groups is 1. The number of rotatable bonds is 7. The third kappa shape index (κ3) is 5.07. The van der Waals surface area contributed by atoms with E-state index in [1.807, 2.05) is 65.2 Å². The van der Waals surface area contributed by atoms with E-state index in [9.17, 15) is 13.6 Å². The highest BCUT2D eigenvalue weighted by Crippen LogP contribution is 2.21. The summed E-state index contributed by atoms with van der Waals surface area (Å²) in [6.45, 7) is 0.496. The molecule has 5 rings (SSSR count). The molecule has 1 aromatic heterocycles. The van der Waals surface area contributed by atoms with E-state index >= 15 is 0 Å². The van der Waals surface area contributed by atoms with E-state index in [4.69, 9.17) is 5.73 Å². The van der Waals surface area contributed by atoms with E-state index < -0.39 is 11.6 Å². The summed E-state index contributed by atoms with van der Waals surface area (Å²) in [4.78, 5) is 15.2. The van der Waals surface area contributed by atoms with Gasteiger partial charge in [-0.1, -0.05) is 48.5 Å². The number of carbonyl (C=O) groups excluding carboxylic acids is 1. The molecule has 0 saturated heterocycles. The van der Waals surface area contributed by atoms with Gasteiger partial charge >= 0.3 is 0 Å². The van der Waals surface area contributed by atoms with Crippen LogP contribution in [0.25, 0.3) is 10.8 Å². The number of nitrogens with zero attached hydrogens (tertiary/aromatic N) is 4. The number of anilines is 1. The van der Waals surface area contributed by atoms with Crippen molar-refractivity contribution in [2.45, 2.75) is 19.6 Å². The van der Waals surface area contributed by atoms with Crippen molar-refractivity contribution in [3.05, 3.63) is 125 Å². The number of hydrogen-bond donors (Lipinski definition) is 1. The van der Waals surface area contributed by atoms with Crippen molar-refractivity contribution < 1.29 is 13.6 Å². The highest BCUT2D eigenvalue weighted by atomic mass is 19.1. The van der Waals surface area contributed by atoms with Crippen LogP contribution in [0.2, 0.25) is 0 Å². The predicted octanol–water partition coefficient (Wildman–Crippen LogP) is 5.18. The molecule has 0 fully saturated rings. The summed E-state index contributed by atoms with van der Waals surface area (Å²) >= 11 is 0. The highest BCUT2D eigenvalue weighted by Gasteiger charge is 2.21. The second-order valence-corrected chi connectivity index (χ2v) is 8.58. The van der Waals surface area contributed by atoms with E-state index in [1.165, 1.54) is 17.0 Å². The summed E-state index contributed by atoms with van der Waals surface area (Å²) in [6, 6.07) is 24.0. The minimum absolute atomic E-state index is 0.0630. The zero-order valence-electron chi connectivity index (χ0n) is 19.3. The number of aromatic nitrogens is 3. The average Bonchev–Trinajstić information content (AvgIpc) is 3.32. The van der Waals surface area contributed by atoms with E-state index in [0.29, 0.717) is 23.6 Å². The van der Waals surface area contributed by atoms with Crippen LogP contribution in [0.4, 0.5) is 14.5 Å². The van der Waals surface area contributed by atoms with Crippen LogP contribution in [-0.2, 0) is 19.6 Å². The Balaban J connectivity index is 1.47. The van der Waals surface area contributed by atoms with Gasteiger partial charge in [0.2, 0.25) is 0 Å². The Morgan fingerprint density at radius 2 is 1.67 bits per heavy atom. The first kappa shape index (κ1) is 23.2. The molecule has 0 aliphatic carbocycles. The van der Waals surface area contributed by atoms with Crippen LogP contribution in [0.1, 0.15) is 27.3 Å². The zero-order valence-corrected chi connectivity index (χ0v) is 19.3. The fourth-order valence-electron chi connectivity index (χ4n) is 4.08. The topological polar surface area (TPSA) is 77.0 Å². The Bertz CT molecular complexity index is 1530. The molecule has 2 N–H and O–H groups in total. The summed E-state index contributed by atoms with van der Waals surface area (Å²) in [7, 11) is 0. The van der Waals surface area contributed by atoms with Crippen LogP contribution >= 0.6 is 0 Å². The Kier molecular flexibility index (Phi) is 6.40. The lowest BCUT2D eigenvalue weighted by Crippen LogP contribution is -2.31. The molecule has 0 aliphatic rings. The van der Waals surface area contributed by atoms with E-state index in [2.05, 4.69) is 10.2 Å². The molecule has 0 atom stereocenters. The Labute approximate surface area is 206 Å². The van der Waals surface area contributed by atoms with Gasteiger partial charge in [0.1, 0.15) is 18.0 Å². The minimum atomic E-state index is -0.713. The first-order chi connectivity index (χ1) is 17.5. The molecule has 0 radical (unpaired) electrons. The second-order valence-electron chi connectivity index (χ2n) is 8.58. The molecular weight excluding hydrogens is 460 g/mol. The smallest absolute Gasteiger partial charge is 0.254 e. The standard InChI is InChI=1S/C28H23F2N5O/c29-24-10-9-23(26(30)14-24)16-34(28(36)22-8-7-20-3-1-2-4-21(20)13-22)17-27-33-32-18-35(27)15-19-5-11-25(31)12-6-19/h1-14,18H,15-17,31H2. The van der Waals surface area contributed by atoms with Crippen molar-refractivity contribution >= 4 is 22.4 Å². The number of nitrogens with two attached hydrogens (primary N) is 1. The molecule has 6 nitrogen and oxygen atoms in total. The third-order valence-corrected chi connectivity index (χ3v) is 6.02. The van der Waals surface area contributed by atoms with Gasteiger partial charge in [-0.05, 0) is 46.7 Å². The molecule has 1 amide bonds. The van der Waals surface area contributed by atoms with Gasteiger partial charge in [-0.15, -0.1) is 10.2 Å². The van der Waals surface area contributed by atoms with Gasteiger partial charge in [0, 0.05) is 29.4 Å². The summed E-state index contributed by atoms with van der Waals surface area (Å²) < 4.78 is 29.9. The van der Waals surface area contributed by atoms with Gasteiger partial charge in [0.05, 0.1) is 13.1 Å². The maximum Gasteiger partial charge on any atom is 0.254 e. The van der Waals surface area contributed by atoms with Gasteiger partial charge in [0.25, 0.3) is 5.91 Å². The number of benzene rings is 4. The Morgan fingerprint density at radius 3 is 2.44 bits per heavy atom. The largest absolute Gasteiger partial charge is 0.399 e. The molecule has 36 heavy (non-hydrogen) atoms. The van der Waals surface area contributed by atoms with Crippen molar-refractivity contribution in [1.29, 1.82) is 0 Å². The highest BCUT2D eigenvalue weighted by molar-refractivity contribution is 5.98. The van der Waals surface area contributed by atoms with Crippen LogP contribution in [0.5, 0.6) is 0 Å². The molecule has 5 aromatic rings. The maximum atomic E-state index is 14.5. The SMILES string of the molecule is Nc1ccc(Cn2cnnc2CN(Cc2ccc(F)cc2F)C(=O)c2ccc3ccccc3c2)cc1. The maximum absolute atomic E-state index is 14.5.